The van der Waals surface area contributed by atoms with Gasteiger partial charge in [0.05, 0.1) is 0 Å². The molecule has 117 valence electrons. The van der Waals surface area contributed by atoms with Crippen LogP contribution in [0.4, 0.5) is 0 Å². The molecule has 0 saturated heterocycles. The van der Waals surface area contributed by atoms with Gasteiger partial charge in [-0.2, -0.15) is 0 Å². The summed E-state index contributed by atoms with van der Waals surface area (Å²) in [5.41, 5.74) is 0.697. The molecule has 1 radical (unpaired) electrons. The second kappa shape index (κ2) is 8.55. The van der Waals surface area contributed by atoms with E-state index in [-0.39, 0.29) is 0 Å². The van der Waals surface area contributed by atoms with Gasteiger partial charge in [0, 0.05) is 13.2 Å². The molecule has 2 rings (SSSR count). The van der Waals surface area contributed by atoms with E-state index in [1.54, 1.807) is 0 Å². The maximum absolute atomic E-state index is 6.07. The minimum absolute atomic E-state index is 0.697. The first-order chi connectivity index (χ1) is 9.78. The average molecular weight is 298 g/mol. The maximum atomic E-state index is 6.07. The lowest BCUT2D eigenvalue weighted by molar-refractivity contribution is 0.182. The van der Waals surface area contributed by atoms with E-state index in [1.807, 2.05) is 0 Å². The predicted molar refractivity (Wildman–Crippen MR) is 85.9 cm³/mol. The monoisotopic (exact) mass is 297 g/mol. The molecule has 2 fully saturated rings. The molecule has 0 aromatic heterocycles. The largest absolute Gasteiger partial charge is 0.393 e. The van der Waals surface area contributed by atoms with Gasteiger partial charge in [-0.1, -0.05) is 26.7 Å². The highest BCUT2D eigenvalue weighted by molar-refractivity contribution is 6.44. The standard InChI is InChI=1S/C17H33O2Si/c1-3-5-12-18-20(19-13-6-4-2)14-11-17-9-7-16(15-17)8-10-17/h16H,3-15H2,1-2H3. The van der Waals surface area contributed by atoms with Crippen LogP contribution in [0.1, 0.15) is 78.1 Å². The van der Waals surface area contributed by atoms with Crippen LogP contribution in [0.3, 0.4) is 0 Å². The Morgan fingerprint density at radius 3 is 2.05 bits per heavy atom. The van der Waals surface area contributed by atoms with Crippen molar-refractivity contribution < 1.29 is 8.85 Å². The van der Waals surface area contributed by atoms with Crippen LogP contribution in [0, 0.1) is 11.3 Å². The molecule has 2 bridgehead atoms. The van der Waals surface area contributed by atoms with Gasteiger partial charge in [-0.05, 0) is 68.7 Å². The van der Waals surface area contributed by atoms with E-state index in [9.17, 15) is 0 Å². The first-order valence-electron chi connectivity index (χ1n) is 8.89. The van der Waals surface area contributed by atoms with Crippen molar-refractivity contribution in [2.24, 2.45) is 11.3 Å². The smallest absolute Gasteiger partial charge is 0.384 e. The summed E-state index contributed by atoms with van der Waals surface area (Å²) in [5.74, 6) is 1.06. The zero-order chi connectivity index (χ0) is 14.3. The summed E-state index contributed by atoms with van der Waals surface area (Å²) in [4.78, 5) is 0. The van der Waals surface area contributed by atoms with Crippen LogP contribution >= 0.6 is 0 Å². The molecule has 2 aliphatic rings. The molecular weight excluding hydrogens is 264 g/mol. The van der Waals surface area contributed by atoms with Crippen LogP contribution in [0.15, 0.2) is 0 Å². The highest BCUT2D eigenvalue weighted by atomic mass is 28.3. The second-order valence-corrected chi connectivity index (χ2v) is 8.74. The van der Waals surface area contributed by atoms with E-state index in [1.165, 1.54) is 70.3 Å². The van der Waals surface area contributed by atoms with Gasteiger partial charge in [0.2, 0.25) is 0 Å². The third-order valence-corrected chi connectivity index (χ3v) is 6.98. The Labute approximate surface area is 127 Å². The van der Waals surface area contributed by atoms with Gasteiger partial charge >= 0.3 is 9.28 Å². The van der Waals surface area contributed by atoms with Gasteiger partial charge < -0.3 is 8.85 Å². The first kappa shape index (κ1) is 16.5. The summed E-state index contributed by atoms with van der Waals surface area (Å²) in [5, 5.41) is 0. The Morgan fingerprint density at radius 1 is 1.00 bits per heavy atom. The number of unbranched alkanes of at least 4 members (excludes halogenated alkanes) is 2. The van der Waals surface area contributed by atoms with Crippen molar-refractivity contribution in [3.63, 3.8) is 0 Å². The Hall–Kier alpha value is 0.137. The Bertz CT molecular complexity index is 252. The van der Waals surface area contributed by atoms with Crippen LogP contribution < -0.4 is 0 Å². The fourth-order valence-corrected chi connectivity index (χ4v) is 5.73. The number of rotatable bonds is 11. The second-order valence-electron chi connectivity index (χ2n) is 6.92. The molecular formula is C17H33O2Si. The zero-order valence-corrected chi connectivity index (χ0v) is 14.6. The van der Waals surface area contributed by atoms with Gasteiger partial charge in [-0.3, -0.25) is 0 Å². The number of hydrogen-bond acceptors (Lipinski definition) is 2. The summed E-state index contributed by atoms with van der Waals surface area (Å²) < 4.78 is 12.1. The molecule has 0 unspecified atom stereocenters. The summed E-state index contributed by atoms with van der Waals surface area (Å²) in [6.45, 7) is 6.27. The number of hydrogen-bond donors (Lipinski definition) is 0. The van der Waals surface area contributed by atoms with Crippen LogP contribution in [-0.2, 0) is 8.85 Å². The van der Waals surface area contributed by atoms with Crippen molar-refractivity contribution in [3.8, 4) is 0 Å². The van der Waals surface area contributed by atoms with Crippen molar-refractivity contribution in [1.82, 2.24) is 0 Å². The van der Waals surface area contributed by atoms with Crippen molar-refractivity contribution in [2.45, 2.75) is 84.1 Å². The van der Waals surface area contributed by atoms with Crippen LogP contribution in [-0.4, -0.2) is 22.5 Å². The fourth-order valence-electron chi connectivity index (χ4n) is 3.88. The fraction of sp³-hybridized carbons (Fsp3) is 1.00. The lowest BCUT2D eigenvalue weighted by atomic mass is 9.82. The molecule has 20 heavy (non-hydrogen) atoms. The maximum Gasteiger partial charge on any atom is 0.384 e. The Balaban J connectivity index is 1.70. The van der Waals surface area contributed by atoms with E-state index in [0.29, 0.717) is 5.41 Å². The van der Waals surface area contributed by atoms with Gasteiger partial charge in [0.1, 0.15) is 0 Å². The van der Waals surface area contributed by atoms with Gasteiger partial charge in [0.25, 0.3) is 0 Å². The molecule has 0 aromatic carbocycles. The molecule has 2 saturated carbocycles. The molecule has 0 N–H and O–H groups in total. The molecule has 3 heteroatoms. The third-order valence-electron chi connectivity index (χ3n) is 5.27. The average Bonchev–Trinajstić information content (AvgIpc) is 3.05. The normalized spacial score (nSPS) is 28.6. The highest BCUT2D eigenvalue weighted by Gasteiger charge is 2.44. The van der Waals surface area contributed by atoms with Gasteiger partial charge in [-0.25, -0.2) is 0 Å². The molecule has 0 amide bonds. The van der Waals surface area contributed by atoms with E-state index in [2.05, 4.69) is 13.8 Å². The van der Waals surface area contributed by atoms with Crippen molar-refractivity contribution in [2.75, 3.05) is 13.2 Å². The predicted octanol–water partition coefficient (Wildman–Crippen LogP) is 5.08. The molecule has 2 aliphatic carbocycles. The summed E-state index contributed by atoms with van der Waals surface area (Å²) >= 11 is 0. The van der Waals surface area contributed by atoms with E-state index in [0.717, 1.165) is 19.1 Å². The lowest BCUT2D eigenvalue weighted by Gasteiger charge is -2.27. The summed E-state index contributed by atoms with van der Waals surface area (Å²) in [7, 11) is -1.01. The molecule has 0 aliphatic heterocycles. The van der Waals surface area contributed by atoms with Gasteiger partial charge in [0.15, 0.2) is 0 Å². The highest BCUT2D eigenvalue weighted by Crippen LogP contribution is 2.56. The topological polar surface area (TPSA) is 18.5 Å². The van der Waals surface area contributed by atoms with Crippen molar-refractivity contribution in [1.29, 1.82) is 0 Å². The summed E-state index contributed by atoms with van der Waals surface area (Å²) in [6.07, 6.45) is 13.6. The minimum Gasteiger partial charge on any atom is -0.393 e. The van der Waals surface area contributed by atoms with Crippen molar-refractivity contribution in [3.05, 3.63) is 0 Å². The third kappa shape index (κ3) is 4.85. The van der Waals surface area contributed by atoms with Crippen LogP contribution in [0.2, 0.25) is 6.04 Å². The quantitative estimate of drug-likeness (QED) is 0.391. The van der Waals surface area contributed by atoms with Crippen LogP contribution in [0.25, 0.3) is 0 Å². The Morgan fingerprint density at radius 2 is 1.60 bits per heavy atom. The summed E-state index contributed by atoms with van der Waals surface area (Å²) in [6, 6.07) is 1.21. The Kier molecular flexibility index (Phi) is 7.06. The first-order valence-corrected chi connectivity index (χ1v) is 10.4. The van der Waals surface area contributed by atoms with E-state index in [4.69, 9.17) is 8.85 Å². The number of fused-ring (bicyclic) bond motifs is 2. The SMILES string of the molecule is CCCCO[Si](CCC12CCC(CC1)C2)OCCCC. The molecule has 0 spiro atoms. The lowest BCUT2D eigenvalue weighted by Crippen LogP contribution is -2.27. The zero-order valence-electron chi connectivity index (χ0n) is 13.6. The van der Waals surface area contributed by atoms with Gasteiger partial charge in [-0.15, -0.1) is 0 Å². The minimum atomic E-state index is -1.01. The van der Waals surface area contributed by atoms with Crippen molar-refractivity contribution >= 4 is 9.28 Å². The molecule has 2 nitrogen and oxygen atoms in total. The molecule has 0 atom stereocenters. The molecule has 0 heterocycles. The van der Waals surface area contributed by atoms with E-state index >= 15 is 0 Å². The van der Waals surface area contributed by atoms with Crippen LogP contribution in [0.5, 0.6) is 0 Å². The molecule has 0 aromatic rings. The van der Waals surface area contributed by atoms with E-state index < -0.39 is 9.28 Å².